The summed E-state index contributed by atoms with van der Waals surface area (Å²) in [6, 6.07) is 18.7. The maximum absolute atomic E-state index is 12.3. The number of anilines is 2. The molecule has 0 bridgehead atoms. The number of amides is 1. The molecule has 3 rings (SSSR count). The van der Waals surface area contributed by atoms with Crippen LogP contribution in [-0.2, 0) is 11.3 Å². The normalized spacial score (nSPS) is 14.1. The van der Waals surface area contributed by atoms with Crippen LogP contribution in [0.25, 0.3) is 0 Å². The molecular weight excluding hydrogens is 322 g/mol. The van der Waals surface area contributed by atoms with Gasteiger partial charge in [-0.2, -0.15) is 0 Å². The van der Waals surface area contributed by atoms with Gasteiger partial charge < -0.3 is 15.1 Å². The van der Waals surface area contributed by atoms with Gasteiger partial charge in [0.1, 0.15) is 0 Å². The molecule has 0 aliphatic carbocycles. The standard InChI is InChI=1S/C22H29N3O/c1-24(18-19-8-4-2-5-9-19)22(26)14-15-23-20-10-12-21(13-11-20)25-16-6-3-7-17-25/h2,4-5,8-13,23H,3,6-7,14-18H2,1H3. The summed E-state index contributed by atoms with van der Waals surface area (Å²) >= 11 is 0. The van der Waals surface area contributed by atoms with E-state index in [9.17, 15) is 4.79 Å². The van der Waals surface area contributed by atoms with Crippen LogP contribution in [0, 0.1) is 0 Å². The van der Waals surface area contributed by atoms with E-state index in [1.807, 2.05) is 37.4 Å². The van der Waals surface area contributed by atoms with Crippen LogP contribution in [0.1, 0.15) is 31.2 Å². The number of piperidine rings is 1. The number of hydrogen-bond donors (Lipinski definition) is 1. The Morgan fingerprint density at radius 1 is 1.00 bits per heavy atom. The molecule has 26 heavy (non-hydrogen) atoms. The fourth-order valence-electron chi connectivity index (χ4n) is 3.39. The summed E-state index contributed by atoms with van der Waals surface area (Å²) in [4.78, 5) is 16.5. The molecule has 1 amide bonds. The maximum atomic E-state index is 12.3. The summed E-state index contributed by atoms with van der Waals surface area (Å²) in [6.45, 7) is 3.63. The lowest BCUT2D eigenvalue weighted by atomic mass is 10.1. The van der Waals surface area contributed by atoms with E-state index in [0.29, 0.717) is 19.5 Å². The van der Waals surface area contributed by atoms with Crippen molar-refractivity contribution in [2.75, 3.05) is 36.9 Å². The average molecular weight is 351 g/mol. The van der Waals surface area contributed by atoms with Crippen LogP contribution < -0.4 is 10.2 Å². The molecule has 2 aromatic carbocycles. The summed E-state index contributed by atoms with van der Waals surface area (Å²) in [5.41, 5.74) is 3.53. The van der Waals surface area contributed by atoms with Crippen LogP contribution in [0.2, 0.25) is 0 Å². The summed E-state index contributed by atoms with van der Waals surface area (Å²) in [7, 11) is 1.86. The van der Waals surface area contributed by atoms with E-state index in [2.05, 4.69) is 34.5 Å². The highest BCUT2D eigenvalue weighted by molar-refractivity contribution is 5.76. The molecule has 1 aliphatic heterocycles. The third kappa shape index (κ3) is 5.25. The first-order valence-electron chi connectivity index (χ1n) is 9.59. The van der Waals surface area contributed by atoms with Crippen molar-refractivity contribution in [1.29, 1.82) is 0 Å². The van der Waals surface area contributed by atoms with Crippen molar-refractivity contribution < 1.29 is 4.79 Å². The highest BCUT2D eigenvalue weighted by atomic mass is 16.2. The molecule has 1 aliphatic rings. The zero-order valence-electron chi connectivity index (χ0n) is 15.7. The summed E-state index contributed by atoms with van der Waals surface area (Å²) in [5.74, 6) is 0.159. The van der Waals surface area contributed by atoms with E-state index < -0.39 is 0 Å². The van der Waals surface area contributed by atoms with Crippen molar-refractivity contribution in [3.05, 3.63) is 60.2 Å². The van der Waals surface area contributed by atoms with E-state index in [1.54, 1.807) is 4.90 Å². The van der Waals surface area contributed by atoms with E-state index in [-0.39, 0.29) is 5.91 Å². The lowest BCUT2D eigenvalue weighted by Crippen LogP contribution is -2.29. The summed E-state index contributed by atoms with van der Waals surface area (Å²) in [5, 5.41) is 3.36. The molecule has 1 fully saturated rings. The predicted molar refractivity (Wildman–Crippen MR) is 109 cm³/mol. The number of carbonyl (C=O) groups is 1. The molecule has 0 saturated carbocycles. The second-order valence-corrected chi connectivity index (χ2v) is 7.01. The Labute approximate surface area is 156 Å². The second-order valence-electron chi connectivity index (χ2n) is 7.01. The van der Waals surface area contributed by atoms with Gasteiger partial charge in [-0.15, -0.1) is 0 Å². The average Bonchev–Trinajstić information content (AvgIpc) is 2.70. The Bertz CT molecular complexity index is 678. The Hall–Kier alpha value is -2.49. The first-order chi connectivity index (χ1) is 12.7. The molecule has 1 N–H and O–H groups in total. The first kappa shape index (κ1) is 18.3. The van der Waals surface area contributed by atoms with E-state index in [0.717, 1.165) is 24.3 Å². The van der Waals surface area contributed by atoms with Crippen LogP contribution in [0.15, 0.2) is 54.6 Å². The van der Waals surface area contributed by atoms with Crippen molar-refractivity contribution in [3.63, 3.8) is 0 Å². The molecule has 138 valence electrons. The largest absolute Gasteiger partial charge is 0.385 e. The van der Waals surface area contributed by atoms with Gasteiger partial charge in [-0.3, -0.25) is 4.79 Å². The first-order valence-corrected chi connectivity index (χ1v) is 9.59. The summed E-state index contributed by atoms with van der Waals surface area (Å²) < 4.78 is 0. The lowest BCUT2D eigenvalue weighted by molar-refractivity contribution is -0.130. The maximum Gasteiger partial charge on any atom is 0.224 e. The number of hydrogen-bond acceptors (Lipinski definition) is 3. The van der Waals surface area contributed by atoms with Crippen LogP contribution in [-0.4, -0.2) is 37.5 Å². The van der Waals surface area contributed by atoms with Gasteiger partial charge >= 0.3 is 0 Å². The molecule has 2 aromatic rings. The number of nitrogens with one attached hydrogen (secondary N) is 1. The second kappa shape index (κ2) is 9.27. The monoisotopic (exact) mass is 351 g/mol. The Balaban J connectivity index is 1.41. The van der Waals surface area contributed by atoms with Gasteiger partial charge in [0.05, 0.1) is 0 Å². The van der Waals surface area contributed by atoms with E-state index in [4.69, 9.17) is 0 Å². The predicted octanol–water partition coefficient (Wildman–Crippen LogP) is 4.14. The molecule has 0 unspecified atom stereocenters. The quantitative estimate of drug-likeness (QED) is 0.814. The third-order valence-electron chi connectivity index (χ3n) is 4.94. The van der Waals surface area contributed by atoms with Crippen LogP contribution in [0.5, 0.6) is 0 Å². The number of rotatable bonds is 7. The molecule has 1 saturated heterocycles. The van der Waals surface area contributed by atoms with Crippen LogP contribution in [0.4, 0.5) is 11.4 Å². The van der Waals surface area contributed by atoms with Crippen molar-refractivity contribution >= 4 is 17.3 Å². The van der Waals surface area contributed by atoms with Crippen molar-refractivity contribution in [2.24, 2.45) is 0 Å². The van der Waals surface area contributed by atoms with Gasteiger partial charge in [0, 0.05) is 51.0 Å². The highest BCUT2D eigenvalue weighted by Crippen LogP contribution is 2.21. The Morgan fingerprint density at radius 2 is 1.69 bits per heavy atom. The lowest BCUT2D eigenvalue weighted by Gasteiger charge is -2.28. The minimum Gasteiger partial charge on any atom is -0.385 e. The van der Waals surface area contributed by atoms with Gasteiger partial charge in [-0.1, -0.05) is 30.3 Å². The smallest absolute Gasteiger partial charge is 0.224 e. The zero-order chi connectivity index (χ0) is 18.2. The van der Waals surface area contributed by atoms with E-state index >= 15 is 0 Å². The highest BCUT2D eigenvalue weighted by Gasteiger charge is 2.11. The van der Waals surface area contributed by atoms with Gasteiger partial charge in [0.2, 0.25) is 5.91 Å². The molecule has 0 atom stereocenters. The number of nitrogens with zero attached hydrogens (tertiary/aromatic N) is 2. The van der Waals surface area contributed by atoms with Crippen molar-refractivity contribution in [3.8, 4) is 0 Å². The molecule has 1 heterocycles. The van der Waals surface area contributed by atoms with Gasteiger partial charge in [-0.25, -0.2) is 0 Å². The van der Waals surface area contributed by atoms with Gasteiger partial charge in [0.15, 0.2) is 0 Å². The molecule has 4 nitrogen and oxygen atoms in total. The van der Waals surface area contributed by atoms with Gasteiger partial charge in [0.25, 0.3) is 0 Å². The topological polar surface area (TPSA) is 35.6 Å². The minimum atomic E-state index is 0.159. The van der Waals surface area contributed by atoms with Crippen LogP contribution in [0.3, 0.4) is 0 Å². The zero-order valence-corrected chi connectivity index (χ0v) is 15.7. The molecule has 4 heteroatoms. The fourth-order valence-corrected chi connectivity index (χ4v) is 3.39. The third-order valence-corrected chi connectivity index (χ3v) is 4.94. The summed E-state index contributed by atoms with van der Waals surface area (Å²) in [6.07, 6.45) is 4.43. The SMILES string of the molecule is CN(Cc1ccccc1)C(=O)CCNc1ccc(N2CCCCC2)cc1. The van der Waals surface area contributed by atoms with E-state index in [1.165, 1.54) is 24.9 Å². The number of benzene rings is 2. The fraction of sp³-hybridized carbons (Fsp3) is 0.409. The molecule has 0 radical (unpaired) electrons. The molecule has 0 aromatic heterocycles. The Morgan fingerprint density at radius 3 is 2.38 bits per heavy atom. The number of carbonyl (C=O) groups excluding carboxylic acids is 1. The van der Waals surface area contributed by atoms with Crippen molar-refractivity contribution in [2.45, 2.75) is 32.2 Å². The molecule has 0 spiro atoms. The van der Waals surface area contributed by atoms with Gasteiger partial charge in [-0.05, 0) is 49.1 Å². The minimum absolute atomic E-state index is 0.159. The molecular formula is C22H29N3O. The van der Waals surface area contributed by atoms with Crippen LogP contribution >= 0.6 is 0 Å². The van der Waals surface area contributed by atoms with Crippen molar-refractivity contribution in [1.82, 2.24) is 4.90 Å². The Kier molecular flexibility index (Phi) is 6.53.